The topological polar surface area (TPSA) is 58.6 Å². The van der Waals surface area contributed by atoms with Crippen LogP contribution in [0.5, 0.6) is 5.75 Å². The van der Waals surface area contributed by atoms with Gasteiger partial charge in [0.15, 0.2) is 0 Å². The van der Waals surface area contributed by atoms with E-state index in [-0.39, 0.29) is 17.9 Å². The van der Waals surface area contributed by atoms with Gasteiger partial charge in [-0.15, -0.1) is 0 Å². The molecule has 0 aliphatic heterocycles. The first-order valence-electron chi connectivity index (χ1n) is 6.46. The lowest BCUT2D eigenvalue weighted by atomic mass is 10.1. The van der Waals surface area contributed by atoms with Crippen molar-refractivity contribution in [1.82, 2.24) is 5.32 Å². The summed E-state index contributed by atoms with van der Waals surface area (Å²) < 4.78 is 18.8. The number of nitrogens with one attached hydrogen (secondary N) is 1. The highest BCUT2D eigenvalue weighted by Gasteiger charge is 2.21. The van der Waals surface area contributed by atoms with Crippen molar-refractivity contribution in [2.45, 2.75) is 6.04 Å². The molecule has 5 heteroatoms. The van der Waals surface area contributed by atoms with Gasteiger partial charge in [0.05, 0.1) is 19.8 Å². The molecule has 0 fully saturated rings. The number of carbonyl (C=O) groups is 1. The fourth-order valence-corrected chi connectivity index (χ4v) is 2.04. The van der Waals surface area contributed by atoms with Crippen LogP contribution in [-0.2, 0) is 0 Å². The molecule has 4 nitrogen and oxygen atoms in total. The highest BCUT2D eigenvalue weighted by molar-refractivity contribution is 5.97. The number of hydrogen-bond acceptors (Lipinski definition) is 3. The van der Waals surface area contributed by atoms with Crippen LogP contribution in [0.4, 0.5) is 4.39 Å². The number of aliphatic hydroxyl groups is 1. The fraction of sp³-hybridized carbons (Fsp3) is 0.188. The molecule has 2 N–H and O–H groups in total. The van der Waals surface area contributed by atoms with E-state index in [2.05, 4.69) is 5.32 Å². The van der Waals surface area contributed by atoms with Crippen LogP contribution in [0, 0.1) is 5.82 Å². The second-order valence-corrected chi connectivity index (χ2v) is 4.44. The van der Waals surface area contributed by atoms with Crippen molar-refractivity contribution in [3.8, 4) is 5.75 Å². The van der Waals surface area contributed by atoms with E-state index >= 15 is 0 Å². The van der Waals surface area contributed by atoms with E-state index in [9.17, 15) is 14.3 Å². The highest BCUT2D eigenvalue weighted by Crippen LogP contribution is 2.22. The molecule has 0 spiro atoms. The Morgan fingerprint density at radius 3 is 2.57 bits per heavy atom. The summed E-state index contributed by atoms with van der Waals surface area (Å²) in [7, 11) is 1.37. The summed E-state index contributed by atoms with van der Waals surface area (Å²) in [4.78, 5) is 12.2. The van der Waals surface area contributed by atoms with Crippen molar-refractivity contribution in [1.29, 1.82) is 0 Å². The smallest absolute Gasteiger partial charge is 0.258 e. The SMILES string of the molecule is COc1cccc(F)c1C(=O)N[C@@H](CO)c1ccccc1. The molecule has 110 valence electrons. The zero-order valence-electron chi connectivity index (χ0n) is 11.5. The maximum Gasteiger partial charge on any atom is 0.258 e. The third-order valence-corrected chi connectivity index (χ3v) is 3.11. The molecule has 0 bridgehead atoms. The van der Waals surface area contributed by atoms with E-state index in [1.807, 2.05) is 6.07 Å². The van der Waals surface area contributed by atoms with Gasteiger partial charge in [-0.05, 0) is 17.7 Å². The molecule has 0 saturated carbocycles. The van der Waals surface area contributed by atoms with Crippen molar-refractivity contribution in [3.63, 3.8) is 0 Å². The van der Waals surface area contributed by atoms with Gasteiger partial charge >= 0.3 is 0 Å². The van der Waals surface area contributed by atoms with Crippen LogP contribution >= 0.6 is 0 Å². The molecule has 1 atom stereocenters. The van der Waals surface area contributed by atoms with Crippen molar-refractivity contribution < 1.29 is 19.0 Å². The Bertz CT molecular complexity index is 616. The molecule has 0 saturated heterocycles. The fourth-order valence-electron chi connectivity index (χ4n) is 2.04. The van der Waals surface area contributed by atoms with E-state index in [1.54, 1.807) is 24.3 Å². The lowest BCUT2D eigenvalue weighted by Crippen LogP contribution is -2.31. The number of halogens is 1. The van der Waals surface area contributed by atoms with E-state index in [0.717, 1.165) is 5.56 Å². The summed E-state index contributed by atoms with van der Waals surface area (Å²) in [6, 6.07) is 12.5. The standard InChI is InChI=1S/C16H16FNO3/c1-21-14-9-5-8-12(17)15(14)16(20)18-13(10-19)11-6-3-2-4-7-11/h2-9,13,19H,10H2,1H3,(H,18,20)/t13-/m0/s1. The lowest BCUT2D eigenvalue weighted by molar-refractivity contribution is 0.0908. The van der Waals surface area contributed by atoms with Crippen molar-refractivity contribution >= 4 is 5.91 Å². The van der Waals surface area contributed by atoms with Crippen molar-refractivity contribution in [3.05, 3.63) is 65.5 Å². The third-order valence-electron chi connectivity index (χ3n) is 3.11. The minimum absolute atomic E-state index is 0.150. The maximum atomic E-state index is 13.8. The zero-order chi connectivity index (χ0) is 15.2. The van der Waals surface area contributed by atoms with Gasteiger partial charge in [0.2, 0.25) is 0 Å². The monoisotopic (exact) mass is 289 g/mol. The lowest BCUT2D eigenvalue weighted by Gasteiger charge is -2.18. The first-order chi connectivity index (χ1) is 10.2. The summed E-state index contributed by atoms with van der Waals surface area (Å²) in [5.74, 6) is -1.15. The van der Waals surface area contributed by atoms with Crippen LogP contribution in [0.3, 0.4) is 0 Å². The highest BCUT2D eigenvalue weighted by atomic mass is 19.1. The first kappa shape index (κ1) is 15.0. The molecule has 21 heavy (non-hydrogen) atoms. The van der Waals surface area contributed by atoms with Crippen LogP contribution in [-0.4, -0.2) is 24.7 Å². The molecular weight excluding hydrogens is 273 g/mol. The molecule has 0 aliphatic carbocycles. The minimum Gasteiger partial charge on any atom is -0.496 e. The molecule has 0 unspecified atom stereocenters. The molecule has 1 amide bonds. The molecule has 0 aliphatic rings. The predicted molar refractivity (Wildman–Crippen MR) is 76.7 cm³/mol. The van der Waals surface area contributed by atoms with E-state index < -0.39 is 17.8 Å². The van der Waals surface area contributed by atoms with Gasteiger partial charge in [0, 0.05) is 0 Å². The second-order valence-electron chi connectivity index (χ2n) is 4.44. The summed E-state index contributed by atoms with van der Waals surface area (Å²) in [5, 5.41) is 12.0. The summed E-state index contributed by atoms with van der Waals surface area (Å²) in [6.07, 6.45) is 0. The first-order valence-corrected chi connectivity index (χ1v) is 6.46. The Labute approximate surface area is 122 Å². The molecule has 2 aromatic carbocycles. The number of ether oxygens (including phenoxy) is 1. The zero-order valence-corrected chi connectivity index (χ0v) is 11.5. The van der Waals surface area contributed by atoms with Gasteiger partial charge in [-0.2, -0.15) is 0 Å². The maximum absolute atomic E-state index is 13.8. The summed E-state index contributed by atoms with van der Waals surface area (Å²) >= 11 is 0. The van der Waals surface area contributed by atoms with Crippen molar-refractivity contribution in [2.24, 2.45) is 0 Å². The van der Waals surface area contributed by atoms with Crippen LogP contribution in [0.25, 0.3) is 0 Å². The largest absolute Gasteiger partial charge is 0.496 e. The Morgan fingerprint density at radius 2 is 1.95 bits per heavy atom. The molecule has 0 heterocycles. The average Bonchev–Trinajstić information content (AvgIpc) is 2.52. The van der Waals surface area contributed by atoms with Crippen LogP contribution < -0.4 is 10.1 Å². The number of rotatable bonds is 5. The summed E-state index contributed by atoms with van der Waals surface area (Å²) in [5.41, 5.74) is 0.568. The Morgan fingerprint density at radius 1 is 1.24 bits per heavy atom. The van der Waals surface area contributed by atoms with Gasteiger partial charge < -0.3 is 15.2 Å². The normalized spacial score (nSPS) is 11.8. The van der Waals surface area contributed by atoms with E-state index in [4.69, 9.17) is 4.74 Å². The summed E-state index contributed by atoms with van der Waals surface area (Å²) in [6.45, 7) is -0.285. The number of methoxy groups -OCH3 is 1. The average molecular weight is 289 g/mol. The van der Waals surface area contributed by atoms with Gasteiger partial charge in [-0.1, -0.05) is 36.4 Å². The molecular formula is C16H16FNO3. The predicted octanol–water partition coefficient (Wildman–Crippen LogP) is 2.30. The van der Waals surface area contributed by atoms with Crippen LogP contribution in [0.1, 0.15) is 22.0 Å². The molecule has 0 radical (unpaired) electrons. The van der Waals surface area contributed by atoms with Crippen molar-refractivity contribution in [2.75, 3.05) is 13.7 Å². The number of aliphatic hydroxyl groups excluding tert-OH is 1. The van der Waals surface area contributed by atoms with Crippen LogP contribution in [0.15, 0.2) is 48.5 Å². The Hall–Kier alpha value is -2.40. The number of carbonyl (C=O) groups excluding carboxylic acids is 1. The molecule has 2 aromatic rings. The van der Waals surface area contributed by atoms with Gasteiger partial charge in [0.1, 0.15) is 17.1 Å². The number of benzene rings is 2. The minimum atomic E-state index is -0.670. The molecule has 2 rings (SSSR count). The van der Waals surface area contributed by atoms with E-state index in [1.165, 1.54) is 25.3 Å². The second kappa shape index (κ2) is 6.85. The van der Waals surface area contributed by atoms with Crippen LogP contribution in [0.2, 0.25) is 0 Å². The third kappa shape index (κ3) is 3.38. The number of amides is 1. The van der Waals surface area contributed by atoms with Gasteiger partial charge in [-0.3, -0.25) is 4.79 Å². The quantitative estimate of drug-likeness (QED) is 0.888. The Kier molecular flexibility index (Phi) is 4.90. The van der Waals surface area contributed by atoms with Gasteiger partial charge in [-0.25, -0.2) is 4.39 Å². The van der Waals surface area contributed by atoms with Gasteiger partial charge in [0.25, 0.3) is 5.91 Å². The number of hydrogen-bond donors (Lipinski definition) is 2. The van der Waals surface area contributed by atoms with E-state index in [0.29, 0.717) is 0 Å². The Balaban J connectivity index is 2.25. The molecule has 0 aromatic heterocycles.